The maximum absolute atomic E-state index is 15.6. The van der Waals surface area contributed by atoms with E-state index in [9.17, 15) is 14.2 Å². The quantitative estimate of drug-likeness (QED) is 0.134. The molecule has 4 aliphatic rings. The summed E-state index contributed by atoms with van der Waals surface area (Å²) in [6.45, 7) is 12.8. The molecule has 0 radical (unpaired) electrons. The second-order valence-electron chi connectivity index (χ2n) is 20.2. The van der Waals surface area contributed by atoms with Gasteiger partial charge in [0, 0.05) is 54.6 Å². The van der Waals surface area contributed by atoms with E-state index < -0.39 is 24.5 Å². The zero-order chi connectivity index (χ0) is 46.0. The molecule has 4 aromatic heterocycles. The Morgan fingerprint density at radius 2 is 1.67 bits per heavy atom. The Balaban J connectivity index is 1.03. The number of aromatic amines is 1. The van der Waals surface area contributed by atoms with Crippen molar-refractivity contribution >= 4 is 24.0 Å². The molecule has 7 aromatic rings. The SMILES string of the molecule is CC1c2c(nn(-c3ccc(F)c(C4CC4)c3)c2-n2ccn(-c3ccc(CP(C)(C)=O)cc3)c2=O)CCN1C(=O)c1cc2cc(C3CCOC(C)(C)C3)ccc2n1C1(c2noc(=O)[nH]2)CC1C. The first-order chi connectivity index (χ1) is 31.5. The van der Waals surface area contributed by atoms with Crippen LogP contribution in [0, 0.1) is 11.7 Å². The maximum atomic E-state index is 15.6. The summed E-state index contributed by atoms with van der Waals surface area (Å²) in [6, 6.07) is 20.3. The number of halogens is 1. The topological polar surface area (TPSA) is 155 Å². The average Bonchev–Trinajstić information content (AvgIpc) is 3.98. The van der Waals surface area contributed by atoms with E-state index in [0.29, 0.717) is 72.0 Å². The molecule has 0 bridgehead atoms. The molecule has 2 aliphatic heterocycles. The van der Waals surface area contributed by atoms with Crippen LogP contribution in [0.3, 0.4) is 0 Å². The van der Waals surface area contributed by atoms with Gasteiger partial charge in [0.2, 0.25) is 0 Å². The molecule has 4 atom stereocenters. The third-order valence-electron chi connectivity index (χ3n) is 14.5. The lowest BCUT2D eigenvalue weighted by molar-refractivity contribution is -0.0592. The highest BCUT2D eigenvalue weighted by atomic mass is 31.2. The van der Waals surface area contributed by atoms with E-state index in [1.165, 1.54) is 11.6 Å². The third-order valence-corrected chi connectivity index (χ3v) is 15.6. The Hall–Kier alpha value is -6.05. The van der Waals surface area contributed by atoms with Gasteiger partial charge in [0.15, 0.2) is 5.82 Å². The van der Waals surface area contributed by atoms with Gasteiger partial charge in [-0.3, -0.25) is 23.4 Å². The van der Waals surface area contributed by atoms with Crippen molar-refractivity contribution in [1.29, 1.82) is 0 Å². The normalized spacial score (nSPS) is 22.8. The van der Waals surface area contributed by atoms with E-state index in [2.05, 4.69) is 53.7 Å². The Bertz CT molecular complexity index is 3250. The highest BCUT2D eigenvalue weighted by molar-refractivity contribution is 7.61. The first-order valence-corrected chi connectivity index (χ1v) is 25.8. The Morgan fingerprint density at radius 1 is 0.924 bits per heavy atom. The fourth-order valence-corrected chi connectivity index (χ4v) is 12.1. The van der Waals surface area contributed by atoms with E-state index in [1.54, 1.807) is 45.6 Å². The van der Waals surface area contributed by atoms with Crippen molar-refractivity contribution in [3.63, 3.8) is 0 Å². The summed E-state index contributed by atoms with van der Waals surface area (Å²) in [7, 11) is -2.31. The van der Waals surface area contributed by atoms with E-state index in [-0.39, 0.29) is 40.8 Å². The standard InChI is InChI=1S/C50H54FN8O6P/c1-29-26-50(29,46-52-47(61)65-54-46)58-41-16-11-33(34-18-22-64-49(3,4)27-34)23-35(41)24-42(58)45(60)55-19-17-40-43(30(55)2)44(59(53-40)37-14-15-39(51)38(25-37)32-9-10-32)57-21-20-56(48(57)62)36-12-7-31(8-13-36)28-66(5,6)63/h7-8,11-16,20-21,23-25,29-30,32,34H,9-10,17-19,22,26-28H2,1-6H3,(H,52,54,61). The Labute approximate surface area is 380 Å². The molecule has 2 saturated carbocycles. The van der Waals surface area contributed by atoms with Crippen LogP contribution in [-0.4, -0.2) is 76.5 Å². The van der Waals surface area contributed by atoms with E-state index in [0.717, 1.165) is 47.8 Å². The molecule has 0 spiro atoms. The van der Waals surface area contributed by atoms with Crippen molar-refractivity contribution in [3.05, 3.63) is 145 Å². The third kappa shape index (κ3) is 7.17. The van der Waals surface area contributed by atoms with Crippen molar-refractivity contribution in [2.45, 2.75) is 101 Å². The van der Waals surface area contributed by atoms with Gasteiger partial charge in [-0.2, -0.15) is 5.10 Å². The lowest BCUT2D eigenvalue weighted by atomic mass is 9.83. The van der Waals surface area contributed by atoms with Gasteiger partial charge in [0.25, 0.3) is 5.91 Å². The number of carbonyl (C=O) groups is 1. The van der Waals surface area contributed by atoms with Crippen LogP contribution in [0.2, 0.25) is 0 Å². The minimum atomic E-state index is -2.31. The number of rotatable bonds is 10. The molecule has 1 N–H and O–H groups in total. The van der Waals surface area contributed by atoms with Gasteiger partial charge < -0.3 is 18.8 Å². The fraction of sp³-hybridized carbons (Fsp3) is 0.420. The van der Waals surface area contributed by atoms with Gasteiger partial charge in [-0.15, -0.1) is 0 Å². The predicted molar refractivity (Wildman–Crippen MR) is 249 cm³/mol. The number of fused-ring (bicyclic) bond motifs is 2. The van der Waals surface area contributed by atoms with E-state index >= 15 is 9.18 Å². The number of imidazole rings is 1. The van der Waals surface area contributed by atoms with Crippen LogP contribution >= 0.6 is 7.14 Å². The van der Waals surface area contributed by atoms with Crippen LogP contribution < -0.4 is 11.4 Å². The molecule has 6 heterocycles. The first-order valence-electron chi connectivity index (χ1n) is 23.0. The minimum absolute atomic E-state index is 0.0231. The van der Waals surface area contributed by atoms with Gasteiger partial charge >= 0.3 is 11.4 Å². The van der Waals surface area contributed by atoms with E-state index in [4.69, 9.17) is 14.4 Å². The number of hydrogen-bond donors (Lipinski definition) is 1. The zero-order valence-corrected chi connectivity index (χ0v) is 39.0. The first kappa shape index (κ1) is 42.6. The Kier molecular flexibility index (Phi) is 9.84. The van der Waals surface area contributed by atoms with Crippen molar-refractivity contribution < 1.29 is 23.0 Å². The van der Waals surface area contributed by atoms with Gasteiger partial charge in [-0.25, -0.2) is 18.7 Å². The minimum Gasteiger partial charge on any atom is -0.376 e. The molecule has 4 unspecified atom stereocenters. The molecule has 66 heavy (non-hydrogen) atoms. The zero-order valence-electron chi connectivity index (χ0n) is 38.1. The van der Waals surface area contributed by atoms with Crippen molar-refractivity contribution in [2.75, 3.05) is 26.5 Å². The van der Waals surface area contributed by atoms with Crippen LogP contribution in [0.1, 0.15) is 122 Å². The van der Waals surface area contributed by atoms with Crippen molar-refractivity contribution in [2.24, 2.45) is 5.92 Å². The van der Waals surface area contributed by atoms with Crippen LogP contribution in [0.25, 0.3) is 28.1 Å². The number of benzene rings is 3. The monoisotopic (exact) mass is 912 g/mol. The summed E-state index contributed by atoms with van der Waals surface area (Å²) in [4.78, 5) is 47.4. The van der Waals surface area contributed by atoms with E-state index in [1.807, 2.05) is 48.2 Å². The van der Waals surface area contributed by atoms with Crippen molar-refractivity contribution in [1.82, 2.24) is 38.5 Å². The second kappa shape index (κ2) is 15.2. The molecule has 3 fully saturated rings. The molecule has 2 aliphatic carbocycles. The smallest absolute Gasteiger partial charge is 0.376 e. The molecular formula is C50H54FN8O6P. The molecule has 1 saturated heterocycles. The molecule has 3 aromatic carbocycles. The highest BCUT2D eigenvalue weighted by Gasteiger charge is 2.59. The molecule has 11 rings (SSSR count). The summed E-state index contributed by atoms with van der Waals surface area (Å²) >= 11 is 0. The predicted octanol–water partition coefficient (Wildman–Crippen LogP) is 8.80. The van der Waals surface area contributed by atoms with Gasteiger partial charge in [0.1, 0.15) is 22.9 Å². The number of amides is 1. The number of ether oxygens (including phenoxy) is 1. The maximum Gasteiger partial charge on any atom is 0.438 e. The van der Waals surface area contributed by atoms with Crippen LogP contribution in [0.5, 0.6) is 0 Å². The van der Waals surface area contributed by atoms with Crippen LogP contribution in [0.15, 0.2) is 93.2 Å². The number of aromatic nitrogens is 7. The summed E-state index contributed by atoms with van der Waals surface area (Å²) < 4.78 is 45.9. The highest BCUT2D eigenvalue weighted by Crippen LogP contribution is 2.56. The van der Waals surface area contributed by atoms with Gasteiger partial charge in [-0.1, -0.05) is 30.3 Å². The lowest BCUT2D eigenvalue weighted by Crippen LogP contribution is -2.41. The molecule has 1 amide bonds. The number of hydrogen-bond acceptors (Lipinski definition) is 8. The summed E-state index contributed by atoms with van der Waals surface area (Å²) in [5.41, 5.74) is 5.32. The van der Waals surface area contributed by atoms with Gasteiger partial charge in [-0.05, 0) is 149 Å². The lowest BCUT2D eigenvalue weighted by Gasteiger charge is -2.35. The number of H-pyrrole nitrogens is 1. The van der Waals surface area contributed by atoms with Crippen molar-refractivity contribution in [3.8, 4) is 17.2 Å². The molecule has 342 valence electrons. The molecular weight excluding hydrogens is 859 g/mol. The average molecular weight is 913 g/mol. The second-order valence-corrected chi connectivity index (χ2v) is 23.6. The Morgan fingerprint density at radius 3 is 2.35 bits per heavy atom. The molecule has 16 heteroatoms. The summed E-state index contributed by atoms with van der Waals surface area (Å²) in [6.07, 6.45) is 8.49. The van der Waals surface area contributed by atoms with Crippen LogP contribution in [0.4, 0.5) is 4.39 Å². The van der Waals surface area contributed by atoms with Crippen LogP contribution in [-0.2, 0) is 27.4 Å². The number of carbonyl (C=O) groups excluding carboxylic acids is 1. The largest absolute Gasteiger partial charge is 0.438 e. The number of nitrogens with one attached hydrogen (secondary N) is 1. The summed E-state index contributed by atoms with van der Waals surface area (Å²) in [5.74, 6) is 0.143. The fourth-order valence-electron chi connectivity index (χ4n) is 11.0. The van der Waals surface area contributed by atoms with Gasteiger partial charge in [0.05, 0.1) is 35.9 Å². The summed E-state index contributed by atoms with van der Waals surface area (Å²) in [5, 5.41) is 10.3. The molecule has 14 nitrogen and oxygen atoms in total. The number of nitrogens with zero attached hydrogens (tertiary/aromatic N) is 7.